The number of rotatable bonds is 6. The predicted octanol–water partition coefficient (Wildman–Crippen LogP) is 2.52. The first kappa shape index (κ1) is 13.0. The molecule has 2 unspecified atom stereocenters. The summed E-state index contributed by atoms with van der Waals surface area (Å²) in [4.78, 5) is 2.31. The van der Waals surface area contributed by atoms with Crippen LogP contribution in [-0.2, 0) is 0 Å². The van der Waals surface area contributed by atoms with Gasteiger partial charge < -0.3 is 10.0 Å². The third-order valence-electron chi connectivity index (χ3n) is 3.84. The average molecular weight is 213 g/mol. The highest BCUT2D eigenvalue weighted by Crippen LogP contribution is 2.25. The maximum atomic E-state index is 9.92. The first-order chi connectivity index (χ1) is 7.13. The smallest absolute Gasteiger partial charge is 0.0692 e. The first-order valence-corrected chi connectivity index (χ1v) is 6.50. The Morgan fingerprint density at radius 2 is 1.93 bits per heavy atom. The van der Waals surface area contributed by atoms with Gasteiger partial charge in [0.25, 0.3) is 0 Å². The van der Waals surface area contributed by atoms with E-state index in [0.717, 1.165) is 18.9 Å². The lowest BCUT2D eigenvalue weighted by atomic mass is 10.0. The van der Waals surface area contributed by atoms with Crippen LogP contribution in [0.4, 0.5) is 0 Å². The molecule has 0 heterocycles. The molecule has 1 fully saturated rings. The molecule has 1 N–H and O–H groups in total. The summed E-state index contributed by atoms with van der Waals surface area (Å²) in [6.07, 6.45) is 6.52. The predicted molar refractivity (Wildman–Crippen MR) is 64.9 cm³/mol. The van der Waals surface area contributed by atoms with Crippen LogP contribution in [0.3, 0.4) is 0 Å². The van der Waals surface area contributed by atoms with E-state index in [4.69, 9.17) is 0 Å². The minimum Gasteiger partial charge on any atom is -0.392 e. The van der Waals surface area contributed by atoms with Gasteiger partial charge in [-0.25, -0.2) is 0 Å². The number of hydrogen-bond donors (Lipinski definition) is 1. The topological polar surface area (TPSA) is 23.5 Å². The van der Waals surface area contributed by atoms with E-state index >= 15 is 0 Å². The SMILES string of the molecule is CCC(C)C(O)CN(C)CC1CCCC1. The van der Waals surface area contributed by atoms with Gasteiger partial charge in [0.2, 0.25) is 0 Å². The molecule has 1 saturated carbocycles. The van der Waals surface area contributed by atoms with Gasteiger partial charge in [-0.3, -0.25) is 0 Å². The summed E-state index contributed by atoms with van der Waals surface area (Å²) in [5.41, 5.74) is 0. The van der Waals surface area contributed by atoms with Crippen molar-refractivity contribution in [2.24, 2.45) is 11.8 Å². The molecule has 1 aliphatic carbocycles. The van der Waals surface area contributed by atoms with Crippen molar-refractivity contribution in [2.75, 3.05) is 20.1 Å². The van der Waals surface area contributed by atoms with Gasteiger partial charge in [0.05, 0.1) is 6.10 Å². The number of aliphatic hydroxyl groups excluding tert-OH is 1. The number of hydrogen-bond acceptors (Lipinski definition) is 2. The van der Waals surface area contributed by atoms with Gasteiger partial charge >= 0.3 is 0 Å². The van der Waals surface area contributed by atoms with Crippen LogP contribution in [0.5, 0.6) is 0 Å². The number of likely N-dealkylation sites (N-methyl/N-ethyl adjacent to an activating group) is 1. The third kappa shape index (κ3) is 4.52. The van der Waals surface area contributed by atoms with Gasteiger partial charge in [-0.2, -0.15) is 0 Å². The molecule has 2 atom stereocenters. The Hall–Kier alpha value is -0.0800. The van der Waals surface area contributed by atoms with Crippen molar-refractivity contribution in [3.8, 4) is 0 Å². The molecule has 0 aliphatic heterocycles. The molecular formula is C13H27NO. The highest BCUT2D eigenvalue weighted by Gasteiger charge is 2.19. The van der Waals surface area contributed by atoms with Gasteiger partial charge in [0.1, 0.15) is 0 Å². The summed E-state index contributed by atoms with van der Waals surface area (Å²) in [6, 6.07) is 0. The second-order valence-corrected chi connectivity index (χ2v) is 5.32. The monoisotopic (exact) mass is 213 g/mol. The van der Waals surface area contributed by atoms with E-state index in [1.807, 2.05) is 0 Å². The molecule has 0 radical (unpaired) electrons. The third-order valence-corrected chi connectivity index (χ3v) is 3.84. The van der Waals surface area contributed by atoms with Gasteiger partial charge in [-0.1, -0.05) is 33.1 Å². The summed E-state index contributed by atoms with van der Waals surface area (Å²) < 4.78 is 0. The van der Waals surface area contributed by atoms with Crippen LogP contribution >= 0.6 is 0 Å². The van der Waals surface area contributed by atoms with E-state index < -0.39 is 0 Å². The second kappa shape index (κ2) is 6.49. The van der Waals surface area contributed by atoms with E-state index in [1.165, 1.54) is 32.2 Å². The van der Waals surface area contributed by atoms with Crippen molar-refractivity contribution >= 4 is 0 Å². The maximum absolute atomic E-state index is 9.92. The molecule has 0 amide bonds. The summed E-state index contributed by atoms with van der Waals surface area (Å²) >= 11 is 0. The van der Waals surface area contributed by atoms with Crippen LogP contribution in [0, 0.1) is 11.8 Å². The van der Waals surface area contributed by atoms with Crippen molar-refractivity contribution in [2.45, 2.75) is 52.1 Å². The quantitative estimate of drug-likeness (QED) is 0.733. The van der Waals surface area contributed by atoms with Crippen LogP contribution < -0.4 is 0 Å². The fourth-order valence-electron chi connectivity index (χ4n) is 2.48. The minimum absolute atomic E-state index is 0.151. The molecular weight excluding hydrogens is 186 g/mol. The van der Waals surface area contributed by atoms with Gasteiger partial charge in [0.15, 0.2) is 0 Å². The molecule has 0 aromatic heterocycles. The van der Waals surface area contributed by atoms with Crippen LogP contribution in [0.2, 0.25) is 0 Å². The van der Waals surface area contributed by atoms with E-state index in [1.54, 1.807) is 0 Å². The summed E-state index contributed by atoms with van der Waals surface area (Å²) in [7, 11) is 2.14. The largest absolute Gasteiger partial charge is 0.392 e. The van der Waals surface area contributed by atoms with E-state index in [0.29, 0.717) is 5.92 Å². The van der Waals surface area contributed by atoms with Crippen molar-refractivity contribution in [1.29, 1.82) is 0 Å². The molecule has 2 heteroatoms. The van der Waals surface area contributed by atoms with Crippen molar-refractivity contribution in [3.05, 3.63) is 0 Å². The van der Waals surface area contributed by atoms with Crippen molar-refractivity contribution < 1.29 is 5.11 Å². The Balaban J connectivity index is 2.19. The summed E-state index contributed by atoms with van der Waals surface area (Å²) in [5.74, 6) is 1.31. The van der Waals surface area contributed by atoms with Crippen molar-refractivity contribution in [3.63, 3.8) is 0 Å². The first-order valence-electron chi connectivity index (χ1n) is 6.50. The zero-order valence-corrected chi connectivity index (χ0v) is 10.6. The lowest BCUT2D eigenvalue weighted by molar-refractivity contribution is 0.0727. The molecule has 0 bridgehead atoms. The number of aliphatic hydroxyl groups is 1. The lowest BCUT2D eigenvalue weighted by Gasteiger charge is -2.26. The maximum Gasteiger partial charge on any atom is 0.0692 e. The van der Waals surface area contributed by atoms with Gasteiger partial charge in [-0.15, -0.1) is 0 Å². The van der Waals surface area contributed by atoms with Gasteiger partial charge in [0, 0.05) is 13.1 Å². The molecule has 0 saturated heterocycles. The minimum atomic E-state index is -0.151. The highest BCUT2D eigenvalue weighted by atomic mass is 16.3. The van der Waals surface area contributed by atoms with Gasteiger partial charge in [-0.05, 0) is 31.7 Å². The normalized spacial score (nSPS) is 22.2. The van der Waals surface area contributed by atoms with Crippen LogP contribution in [0.1, 0.15) is 46.0 Å². The van der Waals surface area contributed by atoms with E-state index in [2.05, 4.69) is 25.8 Å². The standard InChI is InChI=1S/C13H27NO/c1-4-11(2)13(15)10-14(3)9-12-7-5-6-8-12/h11-13,15H,4-10H2,1-3H3. The Kier molecular flexibility index (Phi) is 5.62. The second-order valence-electron chi connectivity index (χ2n) is 5.32. The highest BCUT2D eigenvalue weighted by molar-refractivity contribution is 4.73. The van der Waals surface area contributed by atoms with Crippen LogP contribution in [-0.4, -0.2) is 36.2 Å². The fraction of sp³-hybridized carbons (Fsp3) is 1.00. The zero-order chi connectivity index (χ0) is 11.3. The summed E-state index contributed by atoms with van der Waals surface area (Å²) in [5, 5.41) is 9.92. The molecule has 0 spiro atoms. The Morgan fingerprint density at radius 1 is 1.33 bits per heavy atom. The van der Waals surface area contributed by atoms with E-state index in [9.17, 15) is 5.11 Å². The zero-order valence-electron chi connectivity index (χ0n) is 10.6. The molecule has 1 aliphatic rings. The molecule has 0 aromatic carbocycles. The lowest BCUT2D eigenvalue weighted by Crippen LogP contribution is -2.35. The molecule has 1 rings (SSSR count). The van der Waals surface area contributed by atoms with Crippen LogP contribution in [0.25, 0.3) is 0 Å². The Bertz CT molecular complexity index is 166. The van der Waals surface area contributed by atoms with Crippen molar-refractivity contribution in [1.82, 2.24) is 4.90 Å². The Labute approximate surface area is 94.7 Å². The molecule has 0 aromatic rings. The average Bonchev–Trinajstić information content (AvgIpc) is 2.68. The number of nitrogens with zero attached hydrogens (tertiary/aromatic N) is 1. The molecule has 15 heavy (non-hydrogen) atoms. The van der Waals surface area contributed by atoms with E-state index in [-0.39, 0.29) is 6.10 Å². The summed E-state index contributed by atoms with van der Waals surface area (Å²) in [6.45, 7) is 6.29. The Morgan fingerprint density at radius 3 is 2.47 bits per heavy atom. The fourth-order valence-corrected chi connectivity index (χ4v) is 2.48. The molecule has 2 nitrogen and oxygen atoms in total. The van der Waals surface area contributed by atoms with Crippen LogP contribution in [0.15, 0.2) is 0 Å². The molecule has 90 valence electrons.